The van der Waals surface area contributed by atoms with Gasteiger partial charge in [0.25, 0.3) is 0 Å². The normalized spacial score (nSPS) is 21.4. The maximum atomic E-state index is 6.34. The minimum atomic E-state index is 0.00654. The molecule has 1 atom stereocenters. The van der Waals surface area contributed by atoms with Gasteiger partial charge in [0.1, 0.15) is 0 Å². The molecule has 0 spiro atoms. The van der Waals surface area contributed by atoms with Crippen LogP contribution in [0.25, 0.3) is 0 Å². The minimum Gasteiger partial charge on any atom is -0.372 e. The zero-order valence-corrected chi connectivity index (χ0v) is 12.1. The Morgan fingerprint density at radius 1 is 1.15 bits per heavy atom. The molecule has 4 heteroatoms. The highest BCUT2D eigenvalue weighted by atomic mass is 35.5. The maximum absolute atomic E-state index is 6.34. The van der Waals surface area contributed by atoms with E-state index in [1.54, 1.807) is 6.20 Å². The average Bonchev–Trinajstić information content (AvgIpc) is 2.47. The zero-order chi connectivity index (χ0) is 13.9. The number of halogens is 1. The van der Waals surface area contributed by atoms with Crippen LogP contribution in [0.2, 0.25) is 0 Å². The number of pyridine rings is 1. The standard InChI is InChI=1S/C16H16ClN3/c1-20-11-12(17)10-19-16(14-7-4-5-9-18-14)13-6-2-3-8-15(13)20/h2-9,12H,10-11H2,1H3/b19-16+. The number of hydrogen-bond acceptors (Lipinski definition) is 3. The third-order valence-corrected chi connectivity index (χ3v) is 3.67. The molecule has 20 heavy (non-hydrogen) atoms. The second-order valence-corrected chi connectivity index (χ2v) is 5.52. The predicted molar refractivity (Wildman–Crippen MR) is 84.1 cm³/mol. The van der Waals surface area contributed by atoms with Crippen LogP contribution in [0.4, 0.5) is 5.69 Å². The Labute approximate surface area is 123 Å². The zero-order valence-electron chi connectivity index (χ0n) is 11.3. The van der Waals surface area contributed by atoms with Gasteiger partial charge in [-0.3, -0.25) is 9.98 Å². The largest absolute Gasteiger partial charge is 0.372 e. The lowest BCUT2D eigenvalue weighted by molar-refractivity contribution is 0.797. The van der Waals surface area contributed by atoms with Gasteiger partial charge in [-0.15, -0.1) is 11.6 Å². The topological polar surface area (TPSA) is 28.5 Å². The van der Waals surface area contributed by atoms with E-state index in [9.17, 15) is 0 Å². The smallest absolute Gasteiger partial charge is 0.0924 e. The molecule has 0 N–H and O–H groups in total. The van der Waals surface area contributed by atoms with E-state index < -0.39 is 0 Å². The van der Waals surface area contributed by atoms with E-state index in [2.05, 4.69) is 29.1 Å². The summed E-state index contributed by atoms with van der Waals surface area (Å²) in [5.41, 5.74) is 4.05. The van der Waals surface area contributed by atoms with Gasteiger partial charge in [-0.25, -0.2) is 0 Å². The molecule has 0 radical (unpaired) electrons. The molecule has 0 bridgehead atoms. The fourth-order valence-corrected chi connectivity index (χ4v) is 2.73. The van der Waals surface area contributed by atoms with Gasteiger partial charge in [0, 0.05) is 31.0 Å². The number of aromatic nitrogens is 1. The molecule has 102 valence electrons. The number of fused-ring (bicyclic) bond motifs is 1. The Hall–Kier alpha value is -1.87. The Morgan fingerprint density at radius 2 is 1.95 bits per heavy atom. The maximum Gasteiger partial charge on any atom is 0.0924 e. The molecular formula is C16H16ClN3. The Bertz CT molecular complexity index is 625. The van der Waals surface area contributed by atoms with E-state index in [0.29, 0.717) is 6.54 Å². The summed E-state index contributed by atoms with van der Waals surface area (Å²) >= 11 is 6.34. The van der Waals surface area contributed by atoms with E-state index in [1.807, 2.05) is 30.3 Å². The van der Waals surface area contributed by atoms with E-state index in [-0.39, 0.29) is 5.38 Å². The van der Waals surface area contributed by atoms with Gasteiger partial charge in [0.05, 0.1) is 23.3 Å². The van der Waals surface area contributed by atoms with Crippen LogP contribution in [0.5, 0.6) is 0 Å². The van der Waals surface area contributed by atoms with Gasteiger partial charge >= 0.3 is 0 Å². The van der Waals surface area contributed by atoms with Crippen molar-refractivity contribution in [3.05, 3.63) is 59.9 Å². The van der Waals surface area contributed by atoms with Crippen LogP contribution in [0.1, 0.15) is 11.3 Å². The van der Waals surface area contributed by atoms with Gasteiger partial charge in [0.15, 0.2) is 0 Å². The Balaban J connectivity index is 2.16. The Morgan fingerprint density at radius 3 is 2.75 bits per heavy atom. The molecule has 1 unspecified atom stereocenters. The molecule has 2 aromatic rings. The van der Waals surface area contributed by atoms with Crippen LogP contribution in [0.15, 0.2) is 53.7 Å². The fraction of sp³-hybridized carbons (Fsp3) is 0.250. The molecule has 1 aliphatic heterocycles. The number of hydrogen-bond donors (Lipinski definition) is 0. The van der Waals surface area contributed by atoms with Gasteiger partial charge < -0.3 is 4.90 Å². The average molecular weight is 286 g/mol. The molecule has 0 amide bonds. The quantitative estimate of drug-likeness (QED) is 0.754. The summed E-state index contributed by atoms with van der Waals surface area (Å²) in [7, 11) is 2.07. The van der Waals surface area contributed by atoms with Crippen LogP contribution in [0, 0.1) is 0 Å². The molecule has 3 nitrogen and oxygen atoms in total. The van der Waals surface area contributed by atoms with Crippen LogP contribution >= 0.6 is 11.6 Å². The van der Waals surface area contributed by atoms with Crippen molar-refractivity contribution in [2.75, 3.05) is 25.0 Å². The second-order valence-electron chi connectivity index (χ2n) is 4.90. The van der Waals surface area contributed by atoms with Gasteiger partial charge in [0.2, 0.25) is 0 Å². The Kier molecular flexibility index (Phi) is 3.70. The lowest BCUT2D eigenvalue weighted by Crippen LogP contribution is -2.31. The van der Waals surface area contributed by atoms with Crippen LogP contribution in [-0.4, -0.2) is 36.2 Å². The number of anilines is 1. The SMILES string of the molecule is CN1CC(Cl)C/N=C(/c2ccccn2)c2ccccc21. The van der Waals surface area contributed by atoms with Crippen LogP contribution < -0.4 is 4.90 Å². The first-order chi connectivity index (χ1) is 9.75. The lowest BCUT2D eigenvalue weighted by Gasteiger charge is -2.27. The number of para-hydroxylation sites is 1. The summed E-state index contributed by atoms with van der Waals surface area (Å²) < 4.78 is 0. The van der Waals surface area contributed by atoms with Gasteiger partial charge in [-0.1, -0.05) is 24.3 Å². The molecule has 0 saturated carbocycles. The second kappa shape index (κ2) is 5.63. The van der Waals surface area contributed by atoms with E-state index in [1.165, 1.54) is 0 Å². The number of alkyl halides is 1. The first-order valence-electron chi connectivity index (χ1n) is 6.66. The van der Waals surface area contributed by atoms with Crippen LogP contribution in [0.3, 0.4) is 0 Å². The minimum absolute atomic E-state index is 0.00654. The van der Waals surface area contributed by atoms with Gasteiger partial charge in [-0.2, -0.15) is 0 Å². The van der Waals surface area contributed by atoms with Crippen molar-refractivity contribution in [3.63, 3.8) is 0 Å². The molecule has 1 aliphatic rings. The highest BCUT2D eigenvalue weighted by Gasteiger charge is 2.20. The molecule has 0 aliphatic carbocycles. The summed E-state index contributed by atoms with van der Waals surface area (Å²) in [6, 6.07) is 14.1. The summed E-state index contributed by atoms with van der Waals surface area (Å²) in [6.07, 6.45) is 1.79. The van der Waals surface area contributed by atoms with E-state index in [0.717, 1.165) is 29.2 Å². The third kappa shape index (κ3) is 2.54. The highest BCUT2D eigenvalue weighted by molar-refractivity contribution is 6.22. The molecule has 1 aromatic heterocycles. The summed E-state index contributed by atoms with van der Waals surface area (Å²) in [6.45, 7) is 1.39. The lowest BCUT2D eigenvalue weighted by atomic mass is 10.0. The monoisotopic (exact) mass is 285 g/mol. The molecule has 1 aromatic carbocycles. The first kappa shape index (κ1) is 13.1. The van der Waals surface area contributed by atoms with Crippen molar-refractivity contribution in [1.82, 2.24) is 4.98 Å². The van der Waals surface area contributed by atoms with Crippen molar-refractivity contribution >= 4 is 23.0 Å². The predicted octanol–water partition coefficient (Wildman–Crippen LogP) is 2.98. The molecule has 2 heterocycles. The fourth-order valence-electron chi connectivity index (χ4n) is 2.46. The molecule has 0 fully saturated rings. The number of aliphatic imine (C=N–C) groups is 1. The summed E-state index contributed by atoms with van der Waals surface area (Å²) in [5.74, 6) is 0. The van der Waals surface area contributed by atoms with Crippen LogP contribution in [-0.2, 0) is 0 Å². The summed E-state index contributed by atoms with van der Waals surface area (Å²) in [4.78, 5) is 11.3. The van der Waals surface area contributed by atoms with E-state index in [4.69, 9.17) is 16.6 Å². The van der Waals surface area contributed by atoms with Crippen molar-refractivity contribution in [3.8, 4) is 0 Å². The number of benzene rings is 1. The highest BCUT2D eigenvalue weighted by Crippen LogP contribution is 2.25. The number of rotatable bonds is 1. The molecule has 3 rings (SSSR count). The molecule has 0 saturated heterocycles. The summed E-state index contributed by atoms with van der Waals surface area (Å²) in [5, 5.41) is 0.00654. The third-order valence-electron chi connectivity index (χ3n) is 3.40. The van der Waals surface area contributed by atoms with Crippen molar-refractivity contribution in [2.24, 2.45) is 4.99 Å². The number of nitrogens with zero attached hydrogens (tertiary/aromatic N) is 3. The van der Waals surface area contributed by atoms with Crippen molar-refractivity contribution < 1.29 is 0 Å². The van der Waals surface area contributed by atoms with Crippen molar-refractivity contribution in [2.45, 2.75) is 5.38 Å². The molecular weight excluding hydrogens is 270 g/mol. The van der Waals surface area contributed by atoms with E-state index >= 15 is 0 Å². The van der Waals surface area contributed by atoms with Gasteiger partial charge in [-0.05, 0) is 18.2 Å². The first-order valence-corrected chi connectivity index (χ1v) is 7.10. The van der Waals surface area contributed by atoms with Crippen molar-refractivity contribution in [1.29, 1.82) is 0 Å².